The smallest absolute Gasteiger partial charge is 0.236 e. The number of aliphatic hydroxyl groups is 1. The number of ether oxygens (including phenoxy) is 1. The van der Waals surface area contributed by atoms with Gasteiger partial charge >= 0.3 is 0 Å². The molecule has 0 spiro atoms. The monoisotopic (exact) mass is 427 g/mol. The summed E-state index contributed by atoms with van der Waals surface area (Å²) in [5, 5.41) is 20.8. The lowest BCUT2D eigenvalue weighted by Gasteiger charge is -2.19. The van der Waals surface area contributed by atoms with Gasteiger partial charge in [0.25, 0.3) is 0 Å². The van der Waals surface area contributed by atoms with Crippen LogP contribution in [-0.4, -0.2) is 56.7 Å². The molecule has 166 valence electrons. The van der Waals surface area contributed by atoms with E-state index in [1.807, 2.05) is 18.2 Å². The Labute approximate surface area is 181 Å². The van der Waals surface area contributed by atoms with Crippen molar-refractivity contribution in [1.29, 1.82) is 0 Å². The van der Waals surface area contributed by atoms with Crippen LogP contribution in [0.15, 0.2) is 36.9 Å². The molecular formula is C21H29N7O3. The van der Waals surface area contributed by atoms with Crippen LogP contribution in [0.2, 0.25) is 0 Å². The topological polar surface area (TPSA) is 126 Å². The normalized spacial score (nSPS) is 12.2. The van der Waals surface area contributed by atoms with Crippen LogP contribution >= 0.6 is 0 Å². The van der Waals surface area contributed by atoms with E-state index in [9.17, 15) is 9.90 Å². The second kappa shape index (κ2) is 10.7. The van der Waals surface area contributed by atoms with Gasteiger partial charge in [-0.15, -0.1) is 0 Å². The summed E-state index contributed by atoms with van der Waals surface area (Å²) < 4.78 is 5.85. The van der Waals surface area contributed by atoms with E-state index in [0.717, 1.165) is 29.6 Å². The average molecular weight is 428 g/mol. The van der Waals surface area contributed by atoms with Crippen molar-refractivity contribution >= 4 is 28.3 Å². The fraction of sp³-hybridized carbons (Fsp3) is 0.429. The van der Waals surface area contributed by atoms with E-state index in [-0.39, 0.29) is 18.6 Å². The molecule has 1 unspecified atom stereocenters. The zero-order chi connectivity index (χ0) is 22.2. The summed E-state index contributed by atoms with van der Waals surface area (Å²) in [6.07, 6.45) is 5.56. The summed E-state index contributed by atoms with van der Waals surface area (Å²) in [6, 6.07) is 5.77. The minimum Gasteiger partial charge on any atom is -0.493 e. The van der Waals surface area contributed by atoms with Crippen molar-refractivity contribution < 1.29 is 14.6 Å². The van der Waals surface area contributed by atoms with Crippen LogP contribution in [0.5, 0.6) is 5.75 Å². The number of nitrogens with one attached hydrogen (secondary N) is 3. The number of hydrogen-bond donors (Lipinski definition) is 4. The van der Waals surface area contributed by atoms with Gasteiger partial charge in [0.05, 0.1) is 36.8 Å². The zero-order valence-electron chi connectivity index (χ0n) is 18.0. The van der Waals surface area contributed by atoms with Crippen LogP contribution < -0.4 is 20.8 Å². The number of aromatic nitrogens is 4. The minimum atomic E-state index is -0.210. The Balaban J connectivity index is 1.58. The first-order chi connectivity index (χ1) is 15.0. The molecule has 0 aliphatic carbocycles. The molecule has 3 rings (SSSR count). The Morgan fingerprint density at radius 2 is 2.13 bits per heavy atom. The average Bonchev–Trinajstić information content (AvgIpc) is 3.16. The van der Waals surface area contributed by atoms with Gasteiger partial charge in [-0.3, -0.25) is 4.79 Å². The number of amides is 1. The van der Waals surface area contributed by atoms with Gasteiger partial charge < -0.3 is 20.5 Å². The SMILES string of the molecule is CC(=O)Nn1cc(Nc2ncnc3cc(OCCCNC(CO)C(C)C)ccc23)cn1. The van der Waals surface area contributed by atoms with Crippen LogP contribution in [0.1, 0.15) is 27.2 Å². The number of carbonyl (C=O) groups is 1. The van der Waals surface area contributed by atoms with Gasteiger partial charge in [0, 0.05) is 24.4 Å². The number of nitrogens with zero attached hydrogens (tertiary/aromatic N) is 4. The van der Waals surface area contributed by atoms with Crippen molar-refractivity contribution in [2.24, 2.45) is 5.92 Å². The van der Waals surface area contributed by atoms with Crippen LogP contribution in [0, 0.1) is 5.92 Å². The minimum absolute atomic E-state index is 0.105. The van der Waals surface area contributed by atoms with Crippen LogP contribution in [0.3, 0.4) is 0 Å². The standard InChI is InChI=1S/C21H29N7O3/c1-14(2)20(12-29)22-7-4-8-31-17-5-6-18-19(9-17)23-13-24-21(18)26-16-10-25-28(11-16)27-15(3)30/h5-6,9-11,13-14,20,22,29H,4,7-8,12H2,1-3H3,(H,27,30)(H,23,24,26). The Morgan fingerprint density at radius 1 is 1.29 bits per heavy atom. The van der Waals surface area contributed by atoms with E-state index in [4.69, 9.17) is 4.74 Å². The van der Waals surface area contributed by atoms with Gasteiger partial charge in [-0.1, -0.05) is 13.8 Å². The molecule has 1 atom stereocenters. The molecule has 0 saturated heterocycles. The largest absolute Gasteiger partial charge is 0.493 e. The molecule has 0 radical (unpaired) electrons. The summed E-state index contributed by atoms with van der Waals surface area (Å²) in [4.78, 5) is 21.1. The second-order valence-electron chi connectivity index (χ2n) is 7.56. The molecule has 2 aromatic heterocycles. The van der Waals surface area contributed by atoms with E-state index >= 15 is 0 Å². The van der Waals surface area contributed by atoms with Crippen molar-refractivity contribution in [2.45, 2.75) is 33.2 Å². The Bertz CT molecular complexity index is 1010. The predicted octanol–water partition coefficient (Wildman–Crippen LogP) is 2.04. The Hall–Kier alpha value is -3.24. The first-order valence-corrected chi connectivity index (χ1v) is 10.3. The van der Waals surface area contributed by atoms with Gasteiger partial charge in [0.2, 0.25) is 5.91 Å². The van der Waals surface area contributed by atoms with Crippen molar-refractivity contribution in [3.05, 3.63) is 36.9 Å². The lowest BCUT2D eigenvalue weighted by molar-refractivity contribution is -0.115. The molecule has 1 aromatic carbocycles. The summed E-state index contributed by atoms with van der Waals surface area (Å²) >= 11 is 0. The number of carbonyl (C=O) groups excluding carboxylic acids is 1. The molecule has 10 nitrogen and oxygen atoms in total. The molecule has 4 N–H and O–H groups in total. The predicted molar refractivity (Wildman–Crippen MR) is 119 cm³/mol. The fourth-order valence-electron chi connectivity index (χ4n) is 3.03. The van der Waals surface area contributed by atoms with Crippen molar-refractivity contribution in [3.8, 4) is 5.75 Å². The van der Waals surface area contributed by atoms with Crippen LogP contribution in [0.4, 0.5) is 11.5 Å². The van der Waals surface area contributed by atoms with Gasteiger partial charge in [-0.05, 0) is 31.0 Å². The number of rotatable bonds is 11. The maximum Gasteiger partial charge on any atom is 0.236 e. The highest BCUT2D eigenvalue weighted by molar-refractivity contribution is 5.91. The first-order valence-electron chi connectivity index (χ1n) is 10.3. The molecule has 0 bridgehead atoms. The molecule has 0 fully saturated rings. The van der Waals surface area contributed by atoms with E-state index < -0.39 is 0 Å². The van der Waals surface area contributed by atoms with Crippen molar-refractivity contribution in [1.82, 2.24) is 25.2 Å². The molecule has 3 aromatic rings. The lowest BCUT2D eigenvalue weighted by atomic mass is 10.1. The Morgan fingerprint density at radius 3 is 2.87 bits per heavy atom. The molecule has 0 aliphatic rings. The molecule has 1 amide bonds. The van der Waals surface area contributed by atoms with E-state index in [2.05, 4.69) is 45.0 Å². The molecule has 31 heavy (non-hydrogen) atoms. The maximum absolute atomic E-state index is 11.1. The number of aliphatic hydroxyl groups excluding tert-OH is 1. The van der Waals surface area contributed by atoms with Gasteiger partial charge in [0.15, 0.2) is 0 Å². The summed E-state index contributed by atoms with van der Waals surface area (Å²) in [5.41, 5.74) is 4.00. The molecular weight excluding hydrogens is 398 g/mol. The third kappa shape index (κ3) is 6.37. The fourth-order valence-corrected chi connectivity index (χ4v) is 3.03. The number of benzene rings is 1. The Kier molecular flexibility index (Phi) is 7.74. The summed E-state index contributed by atoms with van der Waals surface area (Å²) in [6.45, 7) is 7.05. The lowest BCUT2D eigenvalue weighted by Crippen LogP contribution is -2.37. The van der Waals surface area contributed by atoms with Crippen LogP contribution in [-0.2, 0) is 4.79 Å². The van der Waals surface area contributed by atoms with E-state index in [1.54, 1.807) is 12.4 Å². The van der Waals surface area contributed by atoms with Gasteiger partial charge in [-0.2, -0.15) is 9.89 Å². The quantitative estimate of drug-likeness (QED) is 0.343. The van der Waals surface area contributed by atoms with Gasteiger partial charge in [-0.25, -0.2) is 15.4 Å². The number of fused-ring (bicyclic) bond motifs is 1. The third-order valence-corrected chi connectivity index (χ3v) is 4.72. The highest BCUT2D eigenvalue weighted by atomic mass is 16.5. The van der Waals surface area contributed by atoms with E-state index in [0.29, 0.717) is 24.0 Å². The first kappa shape index (κ1) is 22.4. The summed E-state index contributed by atoms with van der Waals surface area (Å²) in [5.74, 6) is 1.54. The molecule has 0 saturated carbocycles. The summed E-state index contributed by atoms with van der Waals surface area (Å²) in [7, 11) is 0. The third-order valence-electron chi connectivity index (χ3n) is 4.72. The second-order valence-corrected chi connectivity index (χ2v) is 7.56. The van der Waals surface area contributed by atoms with Crippen molar-refractivity contribution in [2.75, 3.05) is 30.5 Å². The molecule has 2 heterocycles. The highest BCUT2D eigenvalue weighted by Gasteiger charge is 2.11. The number of hydrogen-bond acceptors (Lipinski definition) is 8. The maximum atomic E-state index is 11.1. The number of anilines is 2. The van der Waals surface area contributed by atoms with Crippen LogP contribution in [0.25, 0.3) is 10.9 Å². The van der Waals surface area contributed by atoms with Crippen molar-refractivity contribution in [3.63, 3.8) is 0 Å². The molecule has 0 aliphatic heterocycles. The molecule has 10 heteroatoms. The highest BCUT2D eigenvalue weighted by Crippen LogP contribution is 2.26. The zero-order valence-corrected chi connectivity index (χ0v) is 18.0. The van der Waals surface area contributed by atoms with Gasteiger partial charge in [0.1, 0.15) is 17.9 Å². The van der Waals surface area contributed by atoms with E-state index in [1.165, 1.54) is 18.0 Å².